The van der Waals surface area contributed by atoms with Crippen LogP contribution in [0.5, 0.6) is 0 Å². The standard InChI is InChI=1S/C16H24ClFN2.2ClH/c1-12(2)3-6-16(20-9-7-19-8-10-20)14-11-13(17)4-5-15(14)18;;/h4-5,11-12,16,19H,3,6-10H2,1-2H3;2*1H/t16-;;/m1../s1. The van der Waals surface area contributed by atoms with E-state index in [9.17, 15) is 4.39 Å². The maximum absolute atomic E-state index is 14.2. The average molecular weight is 372 g/mol. The third kappa shape index (κ3) is 6.21. The van der Waals surface area contributed by atoms with Gasteiger partial charge >= 0.3 is 0 Å². The maximum atomic E-state index is 14.2. The molecule has 1 aliphatic heterocycles. The first-order valence-corrected chi connectivity index (χ1v) is 7.85. The van der Waals surface area contributed by atoms with Gasteiger partial charge in [0.1, 0.15) is 5.82 Å². The smallest absolute Gasteiger partial charge is 0.128 e. The Morgan fingerprint density at radius 1 is 1.18 bits per heavy atom. The molecule has 0 radical (unpaired) electrons. The van der Waals surface area contributed by atoms with Gasteiger partial charge in [-0.3, -0.25) is 4.90 Å². The molecule has 0 unspecified atom stereocenters. The van der Waals surface area contributed by atoms with Crippen LogP contribution in [0.15, 0.2) is 18.2 Å². The zero-order valence-corrected chi connectivity index (χ0v) is 15.5. The summed E-state index contributed by atoms with van der Waals surface area (Å²) in [5.41, 5.74) is 0.750. The average Bonchev–Trinajstić information content (AvgIpc) is 2.43. The SMILES string of the molecule is CC(C)CC[C@H](c1cc(Cl)ccc1F)N1CCNCC1.Cl.Cl. The quantitative estimate of drug-likeness (QED) is 0.806. The fourth-order valence-electron chi connectivity index (χ4n) is 2.79. The molecular formula is C16H26Cl3FN2. The van der Waals surface area contributed by atoms with E-state index >= 15 is 0 Å². The van der Waals surface area contributed by atoms with Crippen molar-refractivity contribution in [3.8, 4) is 0 Å². The first-order valence-electron chi connectivity index (χ1n) is 7.47. The van der Waals surface area contributed by atoms with Crippen molar-refractivity contribution in [3.63, 3.8) is 0 Å². The number of nitrogens with one attached hydrogen (secondary N) is 1. The van der Waals surface area contributed by atoms with Crippen molar-refractivity contribution in [3.05, 3.63) is 34.6 Å². The van der Waals surface area contributed by atoms with Gasteiger partial charge in [0.05, 0.1) is 0 Å². The van der Waals surface area contributed by atoms with Gasteiger partial charge in [-0.2, -0.15) is 0 Å². The molecule has 0 bridgehead atoms. The predicted molar refractivity (Wildman–Crippen MR) is 97.2 cm³/mol. The minimum Gasteiger partial charge on any atom is -0.314 e. The Morgan fingerprint density at radius 2 is 1.82 bits per heavy atom. The highest BCUT2D eigenvalue weighted by molar-refractivity contribution is 6.30. The van der Waals surface area contributed by atoms with E-state index < -0.39 is 0 Å². The topological polar surface area (TPSA) is 15.3 Å². The van der Waals surface area contributed by atoms with Crippen molar-refractivity contribution < 1.29 is 4.39 Å². The molecule has 1 saturated heterocycles. The zero-order valence-electron chi connectivity index (χ0n) is 13.1. The summed E-state index contributed by atoms with van der Waals surface area (Å²) in [5.74, 6) is 0.490. The number of hydrogen-bond acceptors (Lipinski definition) is 2. The second-order valence-corrected chi connectivity index (χ2v) is 6.38. The van der Waals surface area contributed by atoms with Crippen LogP contribution < -0.4 is 5.32 Å². The molecule has 1 N–H and O–H groups in total. The van der Waals surface area contributed by atoms with Gasteiger partial charge in [0, 0.05) is 42.8 Å². The van der Waals surface area contributed by atoms with Gasteiger partial charge in [-0.05, 0) is 37.0 Å². The summed E-state index contributed by atoms with van der Waals surface area (Å²) in [6.45, 7) is 8.30. The predicted octanol–water partition coefficient (Wildman–Crippen LogP) is 4.71. The van der Waals surface area contributed by atoms with Gasteiger partial charge < -0.3 is 5.32 Å². The van der Waals surface area contributed by atoms with E-state index in [-0.39, 0.29) is 36.7 Å². The number of nitrogens with zero attached hydrogens (tertiary/aromatic N) is 1. The van der Waals surface area contributed by atoms with Crippen molar-refractivity contribution in [2.24, 2.45) is 5.92 Å². The van der Waals surface area contributed by atoms with Gasteiger partial charge in [-0.1, -0.05) is 25.4 Å². The van der Waals surface area contributed by atoms with E-state index in [2.05, 4.69) is 24.1 Å². The molecule has 1 atom stereocenters. The number of hydrogen-bond donors (Lipinski definition) is 1. The second-order valence-electron chi connectivity index (χ2n) is 5.94. The summed E-state index contributed by atoms with van der Waals surface area (Å²) in [4.78, 5) is 2.38. The number of piperazine rings is 1. The van der Waals surface area contributed by atoms with Gasteiger partial charge in [-0.15, -0.1) is 24.8 Å². The van der Waals surface area contributed by atoms with E-state index in [0.717, 1.165) is 44.6 Å². The number of halogens is 4. The Labute approximate surface area is 150 Å². The summed E-state index contributed by atoms with van der Waals surface area (Å²) in [7, 11) is 0. The van der Waals surface area contributed by atoms with Crippen LogP contribution in [0.3, 0.4) is 0 Å². The summed E-state index contributed by atoms with van der Waals surface area (Å²) in [6.07, 6.45) is 2.08. The monoisotopic (exact) mass is 370 g/mol. The molecule has 2 rings (SSSR count). The largest absolute Gasteiger partial charge is 0.314 e. The molecule has 0 aliphatic carbocycles. The molecule has 1 heterocycles. The second kappa shape index (κ2) is 10.7. The molecule has 2 nitrogen and oxygen atoms in total. The van der Waals surface area contributed by atoms with Crippen LogP contribution in [0.2, 0.25) is 5.02 Å². The molecule has 0 spiro atoms. The lowest BCUT2D eigenvalue weighted by molar-refractivity contribution is 0.156. The van der Waals surface area contributed by atoms with Crippen LogP contribution >= 0.6 is 36.4 Å². The Bertz CT molecular complexity index is 437. The lowest BCUT2D eigenvalue weighted by atomic mass is 9.95. The normalized spacial score (nSPS) is 16.8. The number of rotatable bonds is 5. The van der Waals surface area contributed by atoms with Crippen molar-refractivity contribution in [1.82, 2.24) is 10.2 Å². The number of benzene rings is 1. The van der Waals surface area contributed by atoms with Crippen molar-refractivity contribution in [1.29, 1.82) is 0 Å². The maximum Gasteiger partial charge on any atom is 0.128 e. The van der Waals surface area contributed by atoms with Crippen LogP contribution in [0.1, 0.15) is 38.3 Å². The van der Waals surface area contributed by atoms with E-state index in [1.165, 1.54) is 6.07 Å². The Hall–Kier alpha value is -0.0600. The zero-order chi connectivity index (χ0) is 14.5. The molecule has 0 aromatic heterocycles. The third-order valence-electron chi connectivity index (χ3n) is 3.93. The highest BCUT2D eigenvalue weighted by Gasteiger charge is 2.24. The van der Waals surface area contributed by atoms with E-state index in [1.54, 1.807) is 12.1 Å². The van der Waals surface area contributed by atoms with Crippen molar-refractivity contribution in [2.75, 3.05) is 26.2 Å². The van der Waals surface area contributed by atoms with Crippen molar-refractivity contribution in [2.45, 2.75) is 32.7 Å². The molecule has 22 heavy (non-hydrogen) atoms. The minimum atomic E-state index is -0.137. The molecule has 1 aromatic rings. The van der Waals surface area contributed by atoms with Gasteiger partial charge in [0.25, 0.3) is 0 Å². The van der Waals surface area contributed by atoms with Crippen LogP contribution in [-0.4, -0.2) is 31.1 Å². The molecule has 1 fully saturated rings. The van der Waals surface area contributed by atoms with Crippen LogP contribution in [-0.2, 0) is 0 Å². The summed E-state index contributed by atoms with van der Waals surface area (Å²) in [6, 6.07) is 5.04. The highest BCUT2D eigenvalue weighted by atomic mass is 35.5. The lowest BCUT2D eigenvalue weighted by Gasteiger charge is -2.36. The van der Waals surface area contributed by atoms with Gasteiger partial charge in [0.15, 0.2) is 0 Å². The van der Waals surface area contributed by atoms with E-state index in [1.807, 2.05) is 0 Å². The lowest BCUT2D eigenvalue weighted by Crippen LogP contribution is -2.45. The Kier molecular flexibility index (Phi) is 10.6. The fraction of sp³-hybridized carbons (Fsp3) is 0.625. The van der Waals surface area contributed by atoms with Gasteiger partial charge in [0.2, 0.25) is 0 Å². The highest BCUT2D eigenvalue weighted by Crippen LogP contribution is 2.31. The van der Waals surface area contributed by atoms with E-state index in [4.69, 9.17) is 11.6 Å². The first kappa shape index (κ1) is 21.9. The summed E-state index contributed by atoms with van der Waals surface area (Å²) in [5, 5.41) is 3.97. The molecule has 0 saturated carbocycles. The Morgan fingerprint density at radius 3 is 2.41 bits per heavy atom. The molecule has 1 aliphatic rings. The molecule has 0 amide bonds. The molecule has 6 heteroatoms. The molecular weight excluding hydrogens is 346 g/mol. The van der Waals surface area contributed by atoms with Crippen LogP contribution in [0.4, 0.5) is 4.39 Å². The molecule has 128 valence electrons. The summed E-state index contributed by atoms with van der Waals surface area (Å²) >= 11 is 6.06. The molecule has 1 aromatic carbocycles. The first-order chi connectivity index (χ1) is 9.58. The Balaban J connectivity index is 0.00000220. The van der Waals surface area contributed by atoms with E-state index in [0.29, 0.717) is 10.9 Å². The fourth-order valence-corrected chi connectivity index (χ4v) is 2.97. The van der Waals surface area contributed by atoms with Crippen molar-refractivity contribution >= 4 is 36.4 Å². The summed E-state index contributed by atoms with van der Waals surface area (Å²) < 4.78 is 14.2. The van der Waals surface area contributed by atoms with Gasteiger partial charge in [-0.25, -0.2) is 4.39 Å². The minimum absolute atomic E-state index is 0. The van der Waals surface area contributed by atoms with Crippen LogP contribution in [0.25, 0.3) is 0 Å². The third-order valence-corrected chi connectivity index (χ3v) is 4.16. The van der Waals surface area contributed by atoms with Crippen LogP contribution in [0, 0.1) is 11.7 Å².